The van der Waals surface area contributed by atoms with E-state index in [2.05, 4.69) is 6.07 Å². The summed E-state index contributed by atoms with van der Waals surface area (Å²) in [4.78, 5) is 2.03. The van der Waals surface area contributed by atoms with Crippen molar-refractivity contribution >= 4 is 0 Å². The minimum atomic E-state index is -0.554. The molecule has 0 fully saturated rings. The molecule has 0 radical (unpaired) electrons. The van der Waals surface area contributed by atoms with Gasteiger partial charge < -0.3 is 24.2 Å². The van der Waals surface area contributed by atoms with Crippen LogP contribution in [0.25, 0.3) is 0 Å². The highest BCUT2D eigenvalue weighted by molar-refractivity contribution is 5.33. The quantitative estimate of drug-likeness (QED) is 0.707. The summed E-state index contributed by atoms with van der Waals surface area (Å²) in [7, 11) is 3.59. The third kappa shape index (κ3) is 6.94. The Hall–Kier alpha value is -2.24. The molecule has 2 aromatic carbocycles. The highest BCUT2D eigenvalue weighted by Gasteiger charge is 2.10. The minimum Gasteiger partial charge on any atom is -0.497 e. The molecule has 0 aliphatic rings. The largest absolute Gasteiger partial charge is 0.497 e. The van der Waals surface area contributed by atoms with Crippen LogP contribution in [0.1, 0.15) is 11.1 Å². The molecule has 2 aromatic rings. The number of ether oxygens (including phenoxy) is 3. The zero-order chi connectivity index (χ0) is 18.9. The number of likely N-dealkylation sites (N-methyl/N-ethyl adjacent to an activating group) is 1. The van der Waals surface area contributed by atoms with E-state index in [0.717, 1.165) is 28.4 Å². The van der Waals surface area contributed by atoms with E-state index in [1.165, 1.54) is 0 Å². The van der Waals surface area contributed by atoms with Gasteiger partial charge in [-0.3, -0.25) is 0 Å². The van der Waals surface area contributed by atoms with Crippen LogP contribution in [-0.4, -0.2) is 56.6 Å². The molecule has 5 heteroatoms. The molecule has 142 valence electrons. The fourth-order valence-corrected chi connectivity index (χ4v) is 2.70. The summed E-state index contributed by atoms with van der Waals surface area (Å²) in [5.74, 6) is 2.41. The Morgan fingerprint density at radius 1 is 0.923 bits per heavy atom. The third-order valence-electron chi connectivity index (χ3n) is 3.96. The fourth-order valence-electron chi connectivity index (χ4n) is 2.70. The Balaban J connectivity index is 1.66. The van der Waals surface area contributed by atoms with Gasteiger partial charge in [0, 0.05) is 13.1 Å². The number of aliphatic hydroxyl groups excluding tert-OH is 1. The molecule has 0 heterocycles. The van der Waals surface area contributed by atoms with Gasteiger partial charge in [0.15, 0.2) is 0 Å². The zero-order valence-electron chi connectivity index (χ0n) is 16.1. The van der Waals surface area contributed by atoms with Crippen molar-refractivity contribution in [3.8, 4) is 17.2 Å². The average Bonchev–Trinajstić information content (AvgIpc) is 2.60. The van der Waals surface area contributed by atoms with Crippen LogP contribution in [0.2, 0.25) is 0 Å². The number of aliphatic hydroxyl groups is 1. The topological polar surface area (TPSA) is 51.2 Å². The second kappa shape index (κ2) is 10.0. The van der Waals surface area contributed by atoms with Crippen molar-refractivity contribution in [3.05, 3.63) is 53.6 Å². The summed E-state index contributed by atoms with van der Waals surface area (Å²) < 4.78 is 16.5. The van der Waals surface area contributed by atoms with Gasteiger partial charge in [0.05, 0.1) is 7.11 Å². The Bertz CT molecular complexity index is 652. The summed E-state index contributed by atoms with van der Waals surface area (Å²) in [5.41, 5.74) is 2.31. The van der Waals surface area contributed by atoms with Crippen molar-refractivity contribution in [3.63, 3.8) is 0 Å². The van der Waals surface area contributed by atoms with Gasteiger partial charge in [-0.15, -0.1) is 0 Å². The molecule has 0 aliphatic heterocycles. The predicted octanol–water partition coefficient (Wildman–Crippen LogP) is 3.06. The molecule has 0 aromatic heterocycles. The van der Waals surface area contributed by atoms with E-state index in [4.69, 9.17) is 14.2 Å². The lowest BCUT2D eigenvalue weighted by molar-refractivity contribution is 0.0722. The van der Waals surface area contributed by atoms with Crippen molar-refractivity contribution in [2.45, 2.75) is 20.0 Å². The maximum Gasteiger partial charge on any atom is 0.119 e. The van der Waals surface area contributed by atoms with Crippen LogP contribution < -0.4 is 14.2 Å². The number of hydrogen-bond acceptors (Lipinski definition) is 5. The van der Waals surface area contributed by atoms with E-state index in [9.17, 15) is 5.11 Å². The van der Waals surface area contributed by atoms with E-state index in [0.29, 0.717) is 19.7 Å². The van der Waals surface area contributed by atoms with E-state index in [1.54, 1.807) is 7.11 Å². The molecule has 5 nitrogen and oxygen atoms in total. The number of aryl methyl sites for hydroxylation is 2. The van der Waals surface area contributed by atoms with Gasteiger partial charge in [-0.1, -0.05) is 6.07 Å². The monoisotopic (exact) mass is 359 g/mol. The van der Waals surface area contributed by atoms with Gasteiger partial charge in [-0.25, -0.2) is 0 Å². The second-order valence-electron chi connectivity index (χ2n) is 6.57. The molecule has 2 rings (SSSR count). The summed E-state index contributed by atoms with van der Waals surface area (Å²) in [5, 5.41) is 10.2. The van der Waals surface area contributed by atoms with Crippen molar-refractivity contribution in [2.24, 2.45) is 0 Å². The van der Waals surface area contributed by atoms with Gasteiger partial charge in [0.1, 0.15) is 36.6 Å². The van der Waals surface area contributed by atoms with Gasteiger partial charge in [0.25, 0.3) is 0 Å². The van der Waals surface area contributed by atoms with Crippen LogP contribution in [0, 0.1) is 13.8 Å². The van der Waals surface area contributed by atoms with Gasteiger partial charge in [-0.05, 0) is 68.4 Å². The first-order valence-corrected chi connectivity index (χ1v) is 8.81. The maximum absolute atomic E-state index is 10.2. The number of methoxy groups -OCH3 is 1. The summed E-state index contributed by atoms with van der Waals surface area (Å²) >= 11 is 0. The first-order chi connectivity index (χ1) is 12.5. The molecule has 1 atom stereocenters. The van der Waals surface area contributed by atoms with Crippen molar-refractivity contribution in [1.82, 2.24) is 4.90 Å². The van der Waals surface area contributed by atoms with Crippen LogP contribution in [0.4, 0.5) is 0 Å². The van der Waals surface area contributed by atoms with E-state index < -0.39 is 6.10 Å². The van der Waals surface area contributed by atoms with Crippen molar-refractivity contribution in [2.75, 3.05) is 40.5 Å². The Labute approximate surface area is 156 Å². The maximum atomic E-state index is 10.2. The van der Waals surface area contributed by atoms with Crippen molar-refractivity contribution < 1.29 is 19.3 Å². The van der Waals surface area contributed by atoms with Gasteiger partial charge in [0.2, 0.25) is 0 Å². The van der Waals surface area contributed by atoms with Gasteiger partial charge >= 0.3 is 0 Å². The van der Waals surface area contributed by atoms with E-state index in [-0.39, 0.29) is 6.61 Å². The molecule has 1 N–H and O–H groups in total. The lowest BCUT2D eigenvalue weighted by atomic mass is 10.1. The predicted molar refractivity (Wildman–Crippen MR) is 103 cm³/mol. The highest BCUT2D eigenvalue weighted by atomic mass is 16.5. The molecule has 0 saturated carbocycles. The van der Waals surface area contributed by atoms with Crippen LogP contribution in [-0.2, 0) is 0 Å². The fraction of sp³-hybridized carbons (Fsp3) is 0.429. The SMILES string of the molecule is COc1ccc(OCCN(C)CC(O)COc2cc(C)cc(C)c2)cc1. The Morgan fingerprint density at radius 2 is 1.54 bits per heavy atom. The molecule has 0 aliphatic carbocycles. The van der Waals surface area contributed by atoms with Crippen LogP contribution in [0.5, 0.6) is 17.2 Å². The van der Waals surface area contributed by atoms with Gasteiger partial charge in [-0.2, -0.15) is 0 Å². The third-order valence-corrected chi connectivity index (χ3v) is 3.96. The first kappa shape index (κ1) is 20.1. The molecule has 0 amide bonds. The lowest BCUT2D eigenvalue weighted by Crippen LogP contribution is -2.35. The van der Waals surface area contributed by atoms with Crippen LogP contribution in [0.15, 0.2) is 42.5 Å². The number of hydrogen-bond donors (Lipinski definition) is 1. The zero-order valence-corrected chi connectivity index (χ0v) is 16.1. The van der Waals surface area contributed by atoms with Crippen LogP contribution >= 0.6 is 0 Å². The average molecular weight is 359 g/mol. The first-order valence-electron chi connectivity index (χ1n) is 8.81. The molecule has 0 spiro atoms. The Kier molecular flexibility index (Phi) is 7.75. The summed E-state index contributed by atoms with van der Waals surface area (Å²) in [6.45, 7) is 6.13. The number of benzene rings is 2. The second-order valence-corrected chi connectivity index (χ2v) is 6.57. The molecule has 26 heavy (non-hydrogen) atoms. The molecular weight excluding hydrogens is 330 g/mol. The van der Waals surface area contributed by atoms with Crippen molar-refractivity contribution in [1.29, 1.82) is 0 Å². The summed E-state index contributed by atoms with van der Waals surface area (Å²) in [6, 6.07) is 13.6. The lowest BCUT2D eigenvalue weighted by Gasteiger charge is -2.21. The highest BCUT2D eigenvalue weighted by Crippen LogP contribution is 2.17. The van der Waals surface area contributed by atoms with E-state index >= 15 is 0 Å². The van der Waals surface area contributed by atoms with Crippen LogP contribution in [0.3, 0.4) is 0 Å². The number of rotatable bonds is 10. The standard InChI is InChI=1S/C21H29NO4/c1-16-11-17(2)13-21(12-16)26-15-18(23)14-22(3)9-10-25-20-7-5-19(24-4)6-8-20/h5-8,11-13,18,23H,9-10,14-15H2,1-4H3. The smallest absolute Gasteiger partial charge is 0.119 e. The molecule has 1 unspecified atom stereocenters. The molecule has 0 saturated heterocycles. The molecule has 0 bridgehead atoms. The van der Waals surface area contributed by atoms with E-state index in [1.807, 2.05) is 62.2 Å². The Morgan fingerprint density at radius 3 is 2.15 bits per heavy atom. The normalized spacial score (nSPS) is 12.1. The molecular formula is C21H29NO4. The summed E-state index contributed by atoms with van der Waals surface area (Å²) in [6.07, 6.45) is -0.554. The number of nitrogens with zero attached hydrogens (tertiary/aromatic N) is 1. The minimum absolute atomic E-state index is 0.270.